The monoisotopic (exact) mass is 346 g/mol. The highest BCUT2D eigenvalue weighted by Gasteiger charge is 2.65. The normalized spacial score (nSPS) is 54.6. The van der Waals surface area contributed by atoms with Crippen LogP contribution in [0, 0.1) is 16.7 Å². The molecule has 6 rings (SSSR count). The maximum atomic E-state index is 13.3. The molecule has 0 aromatic rings. The second-order valence-corrected chi connectivity index (χ2v) is 9.96. The lowest BCUT2D eigenvalue weighted by Gasteiger charge is -2.67. The summed E-state index contributed by atoms with van der Waals surface area (Å²) >= 11 is 0. The number of fused-ring (bicyclic) bond motifs is 1. The first kappa shape index (κ1) is 16.7. The minimum absolute atomic E-state index is 0.0644. The third kappa shape index (κ3) is 2.26. The Labute approximate surface area is 152 Å². The quantitative estimate of drug-likeness (QED) is 0.844. The number of Topliss-reactive ketones (excluding diaryl/α,β-unsaturated/α-hetero) is 1. The minimum Gasteiger partial charge on any atom is -0.339 e. The largest absolute Gasteiger partial charge is 0.339 e. The van der Waals surface area contributed by atoms with E-state index in [1.54, 1.807) is 0 Å². The summed E-state index contributed by atoms with van der Waals surface area (Å²) in [4.78, 5) is 18.8. The van der Waals surface area contributed by atoms with Crippen molar-refractivity contribution in [3.05, 3.63) is 0 Å². The van der Waals surface area contributed by atoms with E-state index in [1.807, 2.05) is 0 Å². The van der Waals surface area contributed by atoms with Gasteiger partial charge in [-0.15, -0.1) is 0 Å². The predicted octanol–water partition coefficient (Wildman–Crippen LogP) is 1.60. The van der Waals surface area contributed by atoms with Crippen LogP contribution in [-0.2, 0) is 4.79 Å². The zero-order valence-corrected chi connectivity index (χ0v) is 16.2. The van der Waals surface area contributed by atoms with Gasteiger partial charge in [0.25, 0.3) is 0 Å². The molecule has 2 N–H and O–H groups in total. The van der Waals surface area contributed by atoms with E-state index in [0.717, 1.165) is 57.0 Å². The molecule has 4 heteroatoms. The van der Waals surface area contributed by atoms with Crippen LogP contribution in [0.15, 0.2) is 0 Å². The minimum atomic E-state index is -0.0644. The molecule has 25 heavy (non-hydrogen) atoms. The van der Waals surface area contributed by atoms with Gasteiger partial charge in [0, 0.05) is 38.5 Å². The Kier molecular flexibility index (Phi) is 3.86. The van der Waals surface area contributed by atoms with Gasteiger partial charge in [0.15, 0.2) is 0 Å². The van der Waals surface area contributed by atoms with Crippen molar-refractivity contribution in [2.24, 2.45) is 16.7 Å². The average Bonchev–Trinajstić information content (AvgIpc) is 2.64. The molecule has 1 saturated carbocycles. The molecule has 4 bridgehead atoms. The SMILES string of the molecule is CCC12CN3CC(CC)(CN(C1)C3C1CCC3CCCCC3[NH2+]1)C2=O. The van der Waals surface area contributed by atoms with Gasteiger partial charge >= 0.3 is 0 Å². The highest BCUT2D eigenvalue weighted by Crippen LogP contribution is 2.52. The molecule has 0 radical (unpaired) electrons. The van der Waals surface area contributed by atoms with E-state index in [0.29, 0.717) is 11.9 Å². The Balaban J connectivity index is 1.40. The number of ketones is 1. The number of hydrogen-bond acceptors (Lipinski definition) is 3. The van der Waals surface area contributed by atoms with Crippen LogP contribution in [0.2, 0.25) is 0 Å². The van der Waals surface area contributed by atoms with Gasteiger partial charge < -0.3 is 5.32 Å². The Morgan fingerprint density at radius 2 is 1.48 bits per heavy atom. The summed E-state index contributed by atoms with van der Waals surface area (Å²) in [5.74, 6) is 1.59. The van der Waals surface area contributed by atoms with E-state index in [9.17, 15) is 4.79 Å². The first-order valence-electron chi connectivity index (χ1n) is 11.0. The molecule has 5 aliphatic heterocycles. The molecule has 3 unspecified atom stereocenters. The summed E-state index contributed by atoms with van der Waals surface area (Å²) in [7, 11) is 0. The fourth-order valence-corrected chi connectivity index (χ4v) is 7.45. The van der Waals surface area contributed by atoms with Crippen molar-refractivity contribution in [2.45, 2.75) is 83.5 Å². The van der Waals surface area contributed by atoms with Crippen LogP contribution in [0.25, 0.3) is 0 Å². The number of piperidine rings is 3. The maximum absolute atomic E-state index is 13.3. The van der Waals surface area contributed by atoms with E-state index in [-0.39, 0.29) is 10.8 Å². The standard InChI is InChI=1S/C21H35N3O/c1-3-20-11-23-13-21(4-2,19(20)25)14-24(12-20)18(23)17-10-9-15-7-5-6-8-16(15)22-17/h15-18,22H,3-14H2,1-2H3/p+1. The smallest absolute Gasteiger partial charge is 0.150 e. The first-order chi connectivity index (χ1) is 12.1. The molecule has 3 atom stereocenters. The van der Waals surface area contributed by atoms with Crippen molar-refractivity contribution in [2.75, 3.05) is 26.2 Å². The molecule has 5 saturated heterocycles. The van der Waals surface area contributed by atoms with Crippen molar-refractivity contribution in [3.63, 3.8) is 0 Å². The Morgan fingerprint density at radius 3 is 2.08 bits per heavy atom. The number of carbonyl (C=O) groups is 1. The Bertz CT molecular complexity index is 519. The average molecular weight is 347 g/mol. The summed E-state index contributed by atoms with van der Waals surface area (Å²) in [6.45, 7) is 8.61. The number of nitrogens with two attached hydrogens (primary N) is 1. The van der Waals surface area contributed by atoms with Crippen molar-refractivity contribution >= 4 is 5.78 Å². The summed E-state index contributed by atoms with van der Waals surface area (Å²) in [5, 5.41) is 2.78. The van der Waals surface area contributed by atoms with Crippen LogP contribution < -0.4 is 5.32 Å². The first-order valence-corrected chi connectivity index (χ1v) is 11.0. The molecule has 1 aliphatic carbocycles. The van der Waals surface area contributed by atoms with Crippen molar-refractivity contribution in [1.82, 2.24) is 9.80 Å². The van der Waals surface area contributed by atoms with E-state index < -0.39 is 0 Å². The summed E-state index contributed by atoms with van der Waals surface area (Å²) < 4.78 is 0. The molecule has 6 fully saturated rings. The van der Waals surface area contributed by atoms with Crippen molar-refractivity contribution in [1.29, 1.82) is 0 Å². The molecule has 6 aliphatic rings. The van der Waals surface area contributed by atoms with Gasteiger partial charge in [0.05, 0.1) is 16.9 Å². The summed E-state index contributed by atoms with van der Waals surface area (Å²) in [6, 6.07) is 1.62. The number of rotatable bonds is 3. The predicted molar refractivity (Wildman–Crippen MR) is 98.1 cm³/mol. The van der Waals surface area contributed by atoms with E-state index in [4.69, 9.17) is 0 Å². The zero-order chi connectivity index (χ0) is 17.2. The lowest BCUT2D eigenvalue weighted by molar-refractivity contribution is -0.746. The lowest BCUT2D eigenvalue weighted by atomic mass is 9.58. The summed E-state index contributed by atoms with van der Waals surface area (Å²) in [5.41, 5.74) is -0.129. The number of nitrogens with zero attached hydrogens (tertiary/aromatic N) is 2. The van der Waals surface area contributed by atoms with Gasteiger partial charge in [-0.2, -0.15) is 0 Å². The van der Waals surface area contributed by atoms with Crippen LogP contribution in [0.5, 0.6) is 0 Å². The third-order valence-corrected chi connectivity index (χ3v) is 8.80. The van der Waals surface area contributed by atoms with Crippen LogP contribution in [0.3, 0.4) is 0 Å². The lowest BCUT2D eigenvalue weighted by Crippen LogP contribution is -3.02. The maximum Gasteiger partial charge on any atom is 0.150 e. The molecule has 140 valence electrons. The molecule has 0 amide bonds. The third-order valence-electron chi connectivity index (χ3n) is 8.80. The second-order valence-electron chi connectivity index (χ2n) is 9.96. The molecule has 0 aromatic carbocycles. The fourth-order valence-electron chi connectivity index (χ4n) is 7.45. The summed E-state index contributed by atoms with van der Waals surface area (Å²) in [6.07, 6.45) is 11.3. The van der Waals surface area contributed by atoms with Crippen LogP contribution in [0.1, 0.15) is 65.2 Å². The highest BCUT2D eigenvalue weighted by atomic mass is 16.1. The van der Waals surface area contributed by atoms with Gasteiger partial charge in [0.2, 0.25) is 0 Å². The van der Waals surface area contributed by atoms with Gasteiger partial charge in [-0.3, -0.25) is 14.6 Å². The topological polar surface area (TPSA) is 40.2 Å². The van der Waals surface area contributed by atoms with E-state index >= 15 is 0 Å². The number of carbonyl (C=O) groups excluding carboxylic acids is 1. The fraction of sp³-hybridized carbons (Fsp3) is 0.952. The van der Waals surface area contributed by atoms with Crippen molar-refractivity contribution in [3.8, 4) is 0 Å². The van der Waals surface area contributed by atoms with Crippen LogP contribution >= 0.6 is 0 Å². The zero-order valence-electron chi connectivity index (χ0n) is 16.2. The van der Waals surface area contributed by atoms with Crippen molar-refractivity contribution < 1.29 is 10.1 Å². The van der Waals surface area contributed by atoms with Crippen LogP contribution in [-0.4, -0.2) is 60.0 Å². The second kappa shape index (κ2) is 5.77. The molecule has 0 aromatic heterocycles. The molecular formula is C21H36N3O+. The van der Waals surface area contributed by atoms with E-state index in [2.05, 4.69) is 29.0 Å². The number of quaternary nitrogens is 1. The highest BCUT2D eigenvalue weighted by molar-refractivity contribution is 5.93. The molecular weight excluding hydrogens is 310 g/mol. The van der Waals surface area contributed by atoms with Gasteiger partial charge in [-0.25, -0.2) is 0 Å². The van der Waals surface area contributed by atoms with Crippen LogP contribution in [0.4, 0.5) is 0 Å². The molecule has 4 nitrogen and oxygen atoms in total. The Hall–Kier alpha value is -0.450. The molecule has 0 spiro atoms. The van der Waals surface area contributed by atoms with E-state index in [1.165, 1.54) is 38.5 Å². The Morgan fingerprint density at radius 1 is 0.880 bits per heavy atom. The van der Waals surface area contributed by atoms with Gasteiger partial charge in [-0.1, -0.05) is 20.3 Å². The van der Waals surface area contributed by atoms with Gasteiger partial charge in [0.1, 0.15) is 18.0 Å². The van der Waals surface area contributed by atoms with Gasteiger partial charge in [-0.05, 0) is 38.5 Å². The number of hydrogen-bond donors (Lipinski definition) is 1. The molecule has 5 heterocycles.